The Morgan fingerprint density at radius 3 is 2.29 bits per heavy atom. The number of rotatable bonds is 6. The van der Waals surface area contributed by atoms with Crippen molar-refractivity contribution in [2.45, 2.75) is 45.1 Å². The lowest BCUT2D eigenvalue weighted by molar-refractivity contribution is -0.134. The molecule has 158 valence electrons. The number of hydrogen-bond donors (Lipinski definition) is 1. The molecule has 1 heterocycles. The first-order valence-electron chi connectivity index (χ1n) is 11.0. The summed E-state index contributed by atoms with van der Waals surface area (Å²) in [6.45, 7) is 1.70. The second-order valence-electron chi connectivity index (χ2n) is 9.31. The largest absolute Gasteiger partial charge is 0.349 e. The fourth-order valence-corrected chi connectivity index (χ4v) is 6.11. The van der Waals surface area contributed by atoms with Gasteiger partial charge in [-0.3, -0.25) is 9.59 Å². The molecule has 1 N–H and O–H groups in total. The maximum Gasteiger partial charge on any atom is 0.261 e. The molecular formula is C27H27NO2S. The van der Waals surface area contributed by atoms with Gasteiger partial charge >= 0.3 is 0 Å². The van der Waals surface area contributed by atoms with Gasteiger partial charge in [0.15, 0.2) is 0 Å². The van der Waals surface area contributed by atoms with Gasteiger partial charge in [-0.2, -0.15) is 0 Å². The zero-order valence-corrected chi connectivity index (χ0v) is 18.6. The number of benzene rings is 2. The number of ketones is 1. The molecule has 0 saturated heterocycles. The molecule has 31 heavy (non-hydrogen) atoms. The van der Waals surface area contributed by atoms with Crippen molar-refractivity contribution in [2.24, 2.45) is 11.3 Å². The zero-order valence-electron chi connectivity index (χ0n) is 17.8. The maximum atomic E-state index is 12.9. The van der Waals surface area contributed by atoms with Gasteiger partial charge in [0.1, 0.15) is 5.78 Å². The molecule has 2 saturated carbocycles. The van der Waals surface area contributed by atoms with Crippen molar-refractivity contribution in [3.05, 3.63) is 82.0 Å². The highest BCUT2D eigenvalue weighted by atomic mass is 32.1. The fourth-order valence-electron chi connectivity index (χ4n) is 5.28. The SMILES string of the molecule is CC(=O)C1CC2(CC(NC(=O)c3sccc3Cc3ccc(-c4ccccc4)cc3)C2)C1. The van der Waals surface area contributed by atoms with Crippen molar-refractivity contribution in [3.8, 4) is 11.1 Å². The third-order valence-corrected chi connectivity index (χ3v) is 7.99. The highest BCUT2D eigenvalue weighted by molar-refractivity contribution is 7.12. The van der Waals surface area contributed by atoms with Crippen LogP contribution in [0.3, 0.4) is 0 Å². The third kappa shape index (κ3) is 4.09. The molecular weight excluding hydrogens is 402 g/mol. The molecule has 0 bridgehead atoms. The molecule has 3 aromatic rings. The monoisotopic (exact) mass is 429 g/mol. The second kappa shape index (κ2) is 8.08. The van der Waals surface area contributed by atoms with Gasteiger partial charge in [-0.25, -0.2) is 0 Å². The first-order valence-corrected chi connectivity index (χ1v) is 11.9. The molecule has 0 radical (unpaired) electrons. The summed E-state index contributed by atoms with van der Waals surface area (Å²) < 4.78 is 0. The van der Waals surface area contributed by atoms with Crippen molar-refractivity contribution in [3.63, 3.8) is 0 Å². The molecule has 1 aromatic heterocycles. The molecule has 2 aliphatic rings. The zero-order chi connectivity index (χ0) is 21.4. The van der Waals surface area contributed by atoms with Crippen LogP contribution in [0.4, 0.5) is 0 Å². The van der Waals surface area contributed by atoms with E-state index in [0.29, 0.717) is 11.2 Å². The summed E-state index contributed by atoms with van der Waals surface area (Å²) in [4.78, 5) is 25.2. The van der Waals surface area contributed by atoms with Crippen molar-refractivity contribution in [1.29, 1.82) is 0 Å². The van der Waals surface area contributed by atoms with E-state index in [1.807, 2.05) is 11.4 Å². The van der Waals surface area contributed by atoms with E-state index < -0.39 is 0 Å². The van der Waals surface area contributed by atoms with Gasteiger partial charge in [0.25, 0.3) is 5.91 Å². The molecule has 3 nitrogen and oxygen atoms in total. The summed E-state index contributed by atoms with van der Waals surface area (Å²) in [5, 5.41) is 5.24. The Hall–Kier alpha value is -2.72. The number of carbonyl (C=O) groups is 2. The Morgan fingerprint density at radius 2 is 1.61 bits per heavy atom. The standard InChI is InChI=1S/C27H27NO2S/c1-18(29)23-14-27(15-23)16-24(17-27)28-26(30)25-22(11-12-31-25)13-19-7-9-21(10-8-19)20-5-3-2-4-6-20/h2-12,23-24H,13-17H2,1H3,(H,28,30). The van der Waals surface area contributed by atoms with Gasteiger partial charge in [0.2, 0.25) is 0 Å². The summed E-state index contributed by atoms with van der Waals surface area (Å²) in [7, 11) is 0. The molecule has 2 fully saturated rings. The topological polar surface area (TPSA) is 46.2 Å². The van der Waals surface area contributed by atoms with Gasteiger partial charge < -0.3 is 5.32 Å². The smallest absolute Gasteiger partial charge is 0.261 e. The van der Waals surface area contributed by atoms with Crippen LogP contribution in [0.5, 0.6) is 0 Å². The number of carbonyl (C=O) groups excluding carboxylic acids is 2. The van der Waals surface area contributed by atoms with Crippen molar-refractivity contribution < 1.29 is 9.59 Å². The van der Waals surface area contributed by atoms with Crippen LogP contribution in [-0.2, 0) is 11.2 Å². The van der Waals surface area contributed by atoms with E-state index in [1.165, 1.54) is 28.0 Å². The Morgan fingerprint density at radius 1 is 0.935 bits per heavy atom. The summed E-state index contributed by atoms with van der Waals surface area (Å²) in [6, 6.07) is 21.3. The van der Waals surface area contributed by atoms with Crippen LogP contribution in [0.25, 0.3) is 11.1 Å². The predicted molar refractivity (Wildman–Crippen MR) is 125 cm³/mol. The lowest BCUT2D eigenvalue weighted by Gasteiger charge is -2.57. The minimum absolute atomic E-state index is 0.0493. The van der Waals surface area contributed by atoms with E-state index in [0.717, 1.165) is 42.5 Å². The van der Waals surface area contributed by atoms with Gasteiger partial charge in [0, 0.05) is 12.0 Å². The highest BCUT2D eigenvalue weighted by Gasteiger charge is 2.54. The number of thiophene rings is 1. The Labute approximate surface area is 187 Å². The van der Waals surface area contributed by atoms with E-state index in [1.54, 1.807) is 6.92 Å². The lowest BCUT2D eigenvalue weighted by atomic mass is 9.49. The molecule has 0 unspecified atom stereocenters. The van der Waals surface area contributed by atoms with Crippen LogP contribution >= 0.6 is 11.3 Å². The second-order valence-corrected chi connectivity index (χ2v) is 10.2. The molecule has 0 aliphatic heterocycles. The number of hydrogen-bond acceptors (Lipinski definition) is 3. The highest BCUT2D eigenvalue weighted by Crippen LogP contribution is 2.58. The van der Waals surface area contributed by atoms with E-state index >= 15 is 0 Å². The van der Waals surface area contributed by atoms with Crippen LogP contribution < -0.4 is 5.32 Å². The third-order valence-electron chi connectivity index (χ3n) is 7.04. The minimum Gasteiger partial charge on any atom is -0.349 e. The first-order chi connectivity index (χ1) is 15.0. The molecule has 5 rings (SSSR count). The average molecular weight is 430 g/mol. The van der Waals surface area contributed by atoms with E-state index in [2.05, 4.69) is 59.9 Å². The van der Waals surface area contributed by atoms with Crippen LogP contribution in [0.2, 0.25) is 0 Å². The minimum atomic E-state index is 0.0493. The summed E-state index contributed by atoms with van der Waals surface area (Å²) in [5.41, 5.74) is 5.04. The van der Waals surface area contributed by atoms with Crippen molar-refractivity contribution in [2.75, 3.05) is 0 Å². The number of Topliss-reactive ketones (excluding diaryl/α,β-unsaturated/α-hetero) is 1. The first kappa shape index (κ1) is 20.2. The lowest BCUT2D eigenvalue weighted by Crippen LogP contribution is -2.57. The summed E-state index contributed by atoms with van der Waals surface area (Å²) in [5.74, 6) is 0.625. The Balaban J connectivity index is 1.18. The van der Waals surface area contributed by atoms with Crippen LogP contribution in [0, 0.1) is 11.3 Å². The number of nitrogens with one attached hydrogen (secondary N) is 1. The quantitative estimate of drug-likeness (QED) is 0.532. The molecule has 1 spiro atoms. The molecule has 0 atom stereocenters. The molecule has 2 aromatic carbocycles. The van der Waals surface area contributed by atoms with E-state index in [9.17, 15) is 9.59 Å². The normalized spacial score (nSPS) is 24.3. The summed E-state index contributed by atoms with van der Waals surface area (Å²) in [6.07, 6.45) is 4.82. The summed E-state index contributed by atoms with van der Waals surface area (Å²) >= 11 is 1.52. The Kier molecular flexibility index (Phi) is 5.27. The van der Waals surface area contributed by atoms with Crippen LogP contribution in [-0.4, -0.2) is 17.7 Å². The van der Waals surface area contributed by atoms with Gasteiger partial charge in [-0.05, 0) is 78.1 Å². The van der Waals surface area contributed by atoms with Crippen molar-refractivity contribution >= 4 is 23.0 Å². The van der Waals surface area contributed by atoms with Gasteiger partial charge in [-0.15, -0.1) is 11.3 Å². The fraction of sp³-hybridized carbons (Fsp3) is 0.333. The molecule has 2 aliphatic carbocycles. The van der Waals surface area contributed by atoms with E-state index in [4.69, 9.17) is 0 Å². The van der Waals surface area contributed by atoms with Gasteiger partial charge in [0.05, 0.1) is 4.88 Å². The molecule has 4 heteroatoms. The van der Waals surface area contributed by atoms with Crippen LogP contribution in [0.1, 0.15) is 53.4 Å². The Bertz CT molecular complexity index is 1090. The average Bonchev–Trinajstić information content (AvgIpc) is 3.18. The van der Waals surface area contributed by atoms with Crippen molar-refractivity contribution in [1.82, 2.24) is 5.32 Å². The molecule has 1 amide bonds. The maximum absolute atomic E-state index is 12.9. The van der Waals surface area contributed by atoms with Gasteiger partial charge in [-0.1, -0.05) is 54.6 Å². The van der Waals surface area contributed by atoms with Crippen LogP contribution in [0.15, 0.2) is 66.0 Å². The predicted octanol–water partition coefficient (Wildman–Crippen LogP) is 5.88. The van der Waals surface area contributed by atoms with E-state index in [-0.39, 0.29) is 17.9 Å². The number of amides is 1.